The minimum atomic E-state index is 1.02. The topological polar surface area (TPSA) is 12.4 Å². The van der Waals surface area contributed by atoms with Crippen molar-refractivity contribution in [1.29, 1.82) is 0 Å². The first-order valence-electron chi connectivity index (χ1n) is 3.55. The molecule has 0 aromatic heterocycles. The Morgan fingerprint density at radius 2 is 1.80 bits per heavy atom. The molecule has 2 rings (SSSR count). The van der Waals surface area contributed by atoms with Crippen LogP contribution in [0.3, 0.4) is 0 Å². The highest BCUT2D eigenvalue weighted by Crippen LogP contribution is 2.10. The van der Waals surface area contributed by atoms with E-state index in [1.807, 2.05) is 6.07 Å². The SMILES string of the molecule is c1ccc(C2=NCC2)cc1. The van der Waals surface area contributed by atoms with E-state index in [0.717, 1.165) is 13.0 Å². The Balaban J connectivity index is 2.34. The molecule has 0 amide bonds. The zero-order valence-electron chi connectivity index (χ0n) is 5.75. The molecular weight excluding hydrogens is 122 g/mol. The van der Waals surface area contributed by atoms with E-state index >= 15 is 0 Å². The molecule has 50 valence electrons. The summed E-state index contributed by atoms with van der Waals surface area (Å²) >= 11 is 0. The standard InChI is InChI=1S/C9H9N/c1-2-4-8(5-3-1)9-6-7-10-9/h1-5H,6-7H2. The third-order valence-electron chi connectivity index (χ3n) is 1.76. The lowest BCUT2D eigenvalue weighted by Crippen LogP contribution is -2.12. The Bertz CT molecular complexity index is 249. The Hall–Kier alpha value is -1.11. The summed E-state index contributed by atoms with van der Waals surface area (Å²) in [6, 6.07) is 10.4. The van der Waals surface area contributed by atoms with Crippen molar-refractivity contribution in [1.82, 2.24) is 0 Å². The van der Waals surface area contributed by atoms with Crippen molar-refractivity contribution >= 4 is 5.71 Å². The van der Waals surface area contributed by atoms with E-state index < -0.39 is 0 Å². The summed E-state index contributed by atoms with van der Waals surface area (Å²) in [7, 11) is 0. The van der Waals surface area contributed by atoms with Crippen molar-refractivity contribution in [3.8, 4) is 0 Å². The van der Waals surface area contributed by atoms with Crippen LogP contribution in [0.5, 0.6) is 0 Å². The molecule has 1 aromatic rings. The van der Waals surface area contributed by atoms with Crippen LogP contribution in [0.4, 0.5) is 0 Å². The van der Waals surface area contributed by atoms with E-state index in [9.17, 15) is 0 Å². The second kappa shape index (κ2) is 2.25. The van der Waals surface area contributed by atoms with Gasteiger partial charge in [0, 0.05) is 18.7 Å². The highest BCUT2D eigenvalue weighted by molar-refractivity contribution is 6.03. The summed E-state index contributed by atoms with van der Waals surface area (Å²) in [6.07, 6.45) is 1.16. The lowest BCUT2D eigenvalue weighted by Gasteiger charge is -2.12. The fourth-order valence-electron chi connectivity index (χ4n) is 1.09. The van der Waals surface area contributed by atoms with E-state index in [0.29, 0.717) is 0 Å². The summed E-state index contributed by atoms with van der Waals surface area (Å²) in [6.45, 7) is 1.02. The van der Waals surface area contributed by atoms with Crippen LogP contribution in [0.25, 0.3) is 0 Å². The molecule has 0 saturated carbocycles. The van der Waals surface area contributed by atoms with Gasteiger partial charge < -0.3 is 0 Å². The second-order valence-corrected chi connectivity index (χ2v) is 2.44. The van der Waals surface area contributed by atoms with Crippen molar-refractivity contribution in [3.63, 3.8) is 0 Å². The fourth-order valence-corrected chi connectivity index (χ4v) is 1.09. The van der Waals surface area contributed by atoms with Crippen molar-refractivity contribution in [2.75, 3.05) is 6.54 Å². The van der Waals surface area contributed by atoms with Crippen molar-refractivity contribution in [2.45, 2.75) is 6.42 Å². The van der Waals surface area contributed by atoms with Gasteiger partial charge in [-0.05, 0) is 5.56 Å². The fraction of sp³-hybridized carbons (Fsp3) is 0.222. The molecule has 0 unspecified atom stereocenters. The molecule has 1 heteroatoms. The van der Waals surface area contributed by atoms with Crippen molar-refractivity contribution < 1.29 is 0 Å². The van der Waals surface area contributed by atoms with Crippen LogP contribution < -0.4 is 0 Å². The zero-order chi connectivity index (χ0) is 6.81. The number of aliphatic imine (C=N–C) groups is 1. The number of rotatable bonds is 1. The van der Waals surface area contributed by atoms with Gasteiger partial charge in [-0.15, -0.1) is 0 Å². The maximum absolute atomic E-state index is 4.26. The van der Waals surface area contributed by atoms with Gasteiger partial charge in [-0.3, -0.25) is 4.99 Å². The summed E-state index contributed by atoms with van der Waals surface area (Å²) in [5.74, 6) is 0. The molecule has 0 radical (unpaired) electrons. The van der Waals surface area contributed by atoms with Gasteiger partial charge in [0.05, 0.1) is 0 Å². The van der Waals surface area contributed by atoms with Crippen molar-refractivity contribution in [2.24, 2.45) is 4.99 Å². The largest absolute Gasteiger partial charge is 0.289 e. The zero-order valence-corrected chi connectivity index (χ0v) is 5.75. The number of hydrogen-bond acceptors (Lipinski definition) is 1. The molecule has 0 saturated heterocycles. The van der Waals surface area contributed by atoms with Gasteiger partial charge in [-0.1, -0.05) is 30.3 Å². The van der Waals surface area contributed by atoms with E-state index in [1.54, 1.807) is 0 Å². The van der Waals surface area contributed by atoms with Crippen LogP contribution in [0, 0.1) is 0 Å². The molecular formula is C9H9N. The van der Waals surface area contributed by atoms with Crippen LogP contribution in [0.2, 0.25) is 0 Å². The van der Waals surface area contributed by atoms with E-state index in [4.69, 9.17) is 0 Å². The minimum absolute atomic E-state index is 1.02. The van der Waals surface area contributed by atoms with Gasteiger partial charge in [0.1, 0.15) is 0 Å². The highest BCUT2D eigenvalue weighted by atomic mass is 14.8. The second-order valence-electron chi connectivity index (χ2n) is 2.44. The van der Waals surface area contributed by atoms with Crippen LogP contribution in [0.15, 0.2) is 35.3 Å². The molecule has 1 nitrogen and oxygen atoms in total. The van der Waals surface area contributed by atoms with Crippen LogP contribution in [0.1, 0.15) is 12.0 Å². The van der Waals surface area contributed by atoms with Gasteiger partial charge in [-0.25, -0.2) is 0 Å². The molecule has 1 heterocycles. The Labute approximate surface area is 60.4 Å². The van der Waals surface area contributed by atoms with Crippen LogP contribution in [-0.2, 0) is 0 Å². The lowest BCUT2D eigenvalue weighted by atomic mass is 10.0. The molecule has 1 aliphatic rings. The van der Waals surface area contributed by atoms with E-state index in [-0.39, 0.29) is 0 Å². The third-order valence-corrected chi connectivity index (χ3v) is 1.76. The predicted octanol–water partition coefficient (Wildman–Crippen LogP) is 1.88. The Morgan fingerprint density at radius 1 is 1.10 bits per heavy atom. The van der Waals surface area contributed by atoms with Gasteiger partial charge >= 0.3 is 0 Å². The van der Waals surface area contributed by atoms with E-state index in [2.05, 4.69) is 29.3 Å². The first-order chi connectivity index (χ1) is 4.97. The number of benzene rings is 1. The smallest absolute Gasteiger partial charge is 0.0448 e. The van der Waals surface area contributed by atoms with Crippen LogP contribution in [-0.4, -0.2) is 12.3 Å². The lowest BCUT2D eigenvalue weighted by molar-refractivity contribution is 0.947. The minimum Gasteiger partial charge on any atom is -0.289 e. The van der Waals surface area contributed by atoms with Gasteiger partial charge in [0.2, 0.25) is 0 Å². The quantitative estimate of drug-likeness (QED) is 0.551. The normalized spacial score (nSPS) is 15.8. The molecule has 1 aliphatic heterocycles. The summed E-state index contributed by atoms with van der Waals surface area (Å²) in [5.41, 5.74) is 2.55. The van der Waals surface area contributed by atoms with Gasteiger partial charge in [0.15, 0.2) is 0 Å². The molecule has 0 spiro atoms. The Kier molecular flexibility index (Phi) is 1.28. The maximum Gasteiger partial charge on any atom is 0.0448 e. The number of nitrogens with zero attached hydrogens (tertiary/aromatic N) is 1. The molecule has 0 aliphatic carbocycles. The summed E-state index contributed by atoms with van der Waals surface area (Å²) in [5, 5.41) is 0. The molecule has 0 atom stereocenters. The molecule has 0 N–H and O–H groups in total. The first-order valence-corrected chi connectivity index (χ1v) is 3.55. The molecule has 1 aromatic carbocycles. The average molecular weight is 131 g/mol. The molecule has 0 bridgehead atoms. The third kappa shape index (κ3) is 0.838. The summed E-state index contributed by atoms with van der Waals surface area (Å²) in [4.78, 5) is 4.26. The van der Waals surface area contributed by atoms with E-state index in [1.165, 1.54) is 11.3 Å². The number of hydrogen-bond donors (Lipinski definition) is 0. The first kappa shape index (κ1) is 5.66. The van der Waals surface area contributed by atoms with Crippen LogP contribution >= 0.6 is 0 Å². The maximum atomic E-state index is 4.26. The monoisotopic (exact) mass is 131 g/mol. The molecule has 10 heavy (non-hydrogen) atoms. The predicted molar refractivity (Wildman–Crippen MR) is 42.5 cm³/mol. The Morgan fingerprint density at radius 3 is 2.30 bits per heavy atom. The van der Waals surface area contributed by atoms with Gasteiger partial charge in [-0.2, -0.15) is 0 Å². The van der Waals surface area contributed by atoms with Gasteiger partial charge in [0.25, 0.3) is 0 Å². The average Bonchev–Trinajstić information content (AvgIpc) is 1.86. The van der Waals surface area contributed by atoms with Crippen molar-refractivity contribution in [3.05, 3.63) is 35.9 Å². The summed E-state index contributed by atoms with van der Waals surface area (Å²) < 4.78 is 0. The molecule has 0 fully saturated rings. The highest BCUT2D eigenvalue weighted by Gasteiger charge is 2.08.